The van der Waals surface area contributed by atoms with Gasteiger partial charge in [0.2, 0.25) is 0 Å². The van der Waals surface area contributed by atoms with E-state index in [1.807, 2.05) is 11.0 Å². The van der Waals surface area contributed by atoms with Crippen LogP contribution in [0, 0.1) is 5.41 Å². The third kappa shape index (κ3) is 2.25. The highest BCUT2D eigenvalue weighted by Crippen LogP contribution is 2.29. The monoisotopic (exact) mass is 276 g/mol. The Kier molecular flexibility index (Phi) is 3.58. The maximum absolute atomic E-state index is 9.51. The first-order valence-electron chi connectivity index (χ1n) is 7.03. The van der Waals surface area contributed by atoms with Crippen molar-refractivity contribution in [1.82, 2.24) is 4.98 Å². The summed E-state index contributed by atoms with van der Waals surface area (Å²) in [6, 6.07) is 1.88. The Bertz CT molecular complexity index is 532. The van der Waals surface area contributed by atoms with Crippen molar-refractivity contribution in [3.8, 4) is 0 Å². The minimum Gasteiger partial charge on any atom is -0.394 e. The van der Waals surface area contributed by atoms with Gasteiger partial charge in [0.05, 0.1) is 31.4 Å². The third-order valence-electron chi connectivity index (χ3n) is 4.03. The summed E-state index contributed by atoms with van der Waals surface area (Å²) in [5, 5.41) is 17.3. The molecule has 2 heterocycles. The van der Waals surface area contributed by atoms with Gasteiger partial charge in [-0.3, -0.25) is 5.41 Å². The Morgan fingerprint density at radius 1 is 1.55 bits per heavy atom. The van der Waals surface area contributed by atoms with Gasteiger partial charge in [-0.25, -0.2) is 4.98 Å². The van der Waals surface area contributed by atoms with Gasteiger partial charge in [0.15, 0.2) is 0 Å². The summed E-state index contributed by atoms with van der Waals surface area (Å²) in [5.41, 5.74) is 8.70. The number of fused-ring (bicyclic) bond motifs is 1. The Labute approximate surface area is 118 Å². The number of morpholine rings is 1. The first-order valence-corrected chi connectivity index (χ1v) is 7.03. The van der Waals surface area contributed by atoms with Crippen LogP contribution >= 0.6 is 0 Å². The van der Waals surface area contributed by atoms with Crippen molar-refractivity contribution in [2.75, 3.05) is 31.3 Å². The van der Waals surface area contributed by atoms with Crippen molar-refractivity contribution in [1.29, 1.82) is 5.41 Å². The van der Waals surface area contributed by atoms with Gasteiger partial charge >= 0.3 is 0 Å². The molecule has 1 aromatic heterocycles. The summed E-state index contributed by atoms with van der Waals surface area (Å²) in [5.74, 6) is 0.755. The number of amidine groups is 1. The Balaban J connectivity index is 2.04. The second-order valence-electron chi connectivity index (χ2n) is 5.34. The van der Waals surface area contributed by atoms with Crippen molar-refractivity contribution in [3.05, 3.63) is 22.9 Å². The predicted octanol–water partition coefficient (Wildman–Crippen LogP) is 0.0519. The molecule has 0 saturated carbocycles. The number of aromatic nitrogens is 1. The zero-order chi connectivity index (χ0) is 14.1. The molecule has 4 N–H and O–H groups in total. The van der Waals surface area contributed by atoms with Crippen LogP contribution in [0.15, 0.2) is 6.07 Å². The topological polar surface area (TPSA) is 95.5 Å². The molecular weight excluding hydrogens is 256 g/mol. The number of pyridine rings is 1. The summed E-state index contributed by atoms with van der Waals surface area (Å²) in [4.78, 5) is 6.76. The van der Waals surface area contributed by atoms with Crippen LogP contribution in [0.5, 0.6) is 0 Å². The Hall–Kier alpha value is -1.66. The lowest BCUT2D eigenvalue weighted by molar-refractivity contribution is 0.0722. The van der Waals surface area contributed by atoms with E-state index in [9.17, 15) is 5.11 Å². The van der Waals surface area contributed by atoms with Crippen LogP contribution in [0.2, 0.25) is 0 Å². The van der Waals surface area contributed by atoms with E-state index >= 15 is 0 Å². The Morgan fingerprint density at radius 3 is 3.15 bits per heavy atom. The van der Waals surface area contributed by atoms with Crippen LogP contribution in [0.3, 0.4) is 0 Å². The summed E-state index contributed by atoms with van der Waals surface area (Å²) in [7, 11) is 0. The summed E-state index contributed by atoms with van der Waals surface area (Å²) < 4.78 is 5.40. The molecule has 3 rings (SSSR count). The lowest BCUT2D eigenvalue weighted by Gasteiger charge is -2.36. The van der Waals surface area contributed by atoms with Crippen LogP contribution in [0.4, 0.5) is 5.82 Å². The van der Waals surface area contributed by atoms with Crippen molar-refractivity contribution < 1.29 is 9.84 Å². The average Bonchev–Trinajstić information content (AvgIpc) is 2.93. The van der Waals surface area contributed by atoms with Gasteiger partial charge < -0.3 is 20.5 Å². The van der Waals surface area contributed by atoms with Crippen molar-refractivity contribution in [3.63, 3.8) is 0 Å². The van der Waals surface area contributed by atoms with E-state index in [0.29, 0.717) is 25.3 Å². The molecule has 0 radical (unpaired) electrons. The fourth-order valence-electron chi connectivity index (χ4n) is 2.96. The van der Waals surface area contributed by atoms with Gasteiger partial charge in [-0.15, -0.1) is 0 Å². The summed E-state index contributed by atoms with van der Waals surface area (Å²) in [6.45, 7) is 1.76. The minimum absolute atomic E-state index is 0.0100. The number of anilines is 1. The number of hydrogen-bond acceptors (Lipinski definition) is 5. The van der Waals surface area contributed by atoms with Gasteiger partial charge in [-0.2, -0.15) is 0 Å². The van der Waals surface area contributed by atoms with Gasteiger partial charge in [-0.1, -0.05) is 0 Å². The molecular formula is C14H20N4O2. The molecule has 0 amide bonds. The molecule has 2 aliphatic rings. The number of nitrogens with zero attached hydrogens (tertiary/aromatic N) is 2. The van der Waals surface area contributed by atoms with E-state index in [4.69, 9.17) is 20.9 Å². The van der Waals surface area contributed by atoms with E-state index in [0.717, 1.165) is 30.8 Å². The molecule has 1 aliphatic carbocycles. The maximum atomic E-state index is 9.51. The molecule has 0 spiro atoms. The number of nitrogen functional groups attached to an aromatic ring is 1. The van der Waals surface area contributed by atoms with Gasteiger partial charge in [0, 0.05) is 12.2 Å². The third-order valence-corrected chi connectivity index (χ3v) is 4.03. The average molecular weight is 276 g/mol. The maximum Gasteiger partial charge on any atom is 0.140 e. The van der Waals surface area contributed by atoms with E-state index in [1.54, 1.807) is 0 Å². The molecule has 6 heteroatoms. The molecule has 6 nitrogen and oxygen atoms in total. The van der Waals surface area contributed by atoms with Crippen LogP contribution in [-0.4, -0.2) is 48.3 Å². The Morgan fingerprint density at radius 2 is 2.40 bits per heavy atom. The zero-order valence-corrected chi connectivity index (χ0v) is 11.4. The summed E-state index contributed by atoms with van der Waals surface area (Å²) >= 11 is 0. The van der Waals surface area contributed by atoms with E-state index < -0.39 is 0 Å². The van der Waals surface area contributed by atoms with Crippen LogP contribution in [0.25, 0.3) is 0 Å². The largest absolute Gasteiger partial charge is 0.394 e. The van der Waals surface area contributed by atoms with Gasteiger partial charge in [-0.05, 0) is 30.9 Å². The molecule has 1 saturated heterocycles. The highest BCUT2D eigenvalue weighted by Gasteiger charge is 2.28. The quantitative estimate of drug-likeness (QED) is 0.535. The van der Waals surface area contributed by atoms with Gasteiger partial charge in [0.1, 0.15) is 11.7 Å². The fraction of sp³-hybridized carbons (Fsp3) is 0.571. The number of aliphatic hydroxyl groups is 1. The number of rotatable bonds is 3. The highest BCUT2D eigenvalue weighted by atomic mass is 16.5. The number of ether oxygens (including phenoxy) is 1. The van der Waals surface area contributed by atoms with Crippen LogP contribution in [-0.2, 0) is 17.6 Å². The zero-order valence-electron chi connectivity index (χ0n) is 11.4. The first kappa shape index (κ1) is 13.3. The molecule has 1 unspecified atom stereocenters. The smallest absolute Gasteiger partial charge is 0.140 e. The first-order chi connectivity index (χ1) is 9.70. The van der Waals surface area contributed by atoms with E-state index in [1.165, 1.54) is 5.56 Å². The van der Waals surface area contributed by atoms with Crippen molar-refractivity contribution >= 4 is 11.7 Å². The lowest BCUT2D eigenvalue weighted by Crippen LogP contribution is -2.48. The number of aliphatic hydroxyl groups excluding tert-OH is 1. The second kappa shape index (κ2) is 5.38. The summed E-state index contributed by atoms with van der Waals surface area (Å²) in [6.07, 6.45) is 3.10. The molecule has 1 fully saturated rings. The molecule has 1 aliphatic heterocycles. The molecule has 1 aromatic rings. The molecule has 20 heavy (non-hydrogen) atoms. The van der Waals surface area contributed by atoms with Crippen LogP contribution < -0.4 is 10.6 Å². The van der Waals surface area contributed by atoms with Crippen LogP contribution in [0.1, 0.15) is 23.2 Å². The molecule has 108 valence electrons. The molecule has 0 bridgehead atoms. The number of nitrogens with two attached hydrogens (primary N) is 1. The number of aryl methyl sites for hydroxylation is 2. The van der Waals surface area contributed by atoms with Crippen molar-refractivity contribution in [2.24, 2.45) is 5.73 Å². The highest BCUT2D eigenvalue weighted by molar-refractivity contribution is 6.00. The van der Waals surface area contributed by atoms with Gasteiger partial charge in [0.25, 0.3) is 0 Å². The minimum atomic E-state index is -0.117. The molecule has 1 atom stereocenters. The number of hydrogen-bond donors (Lipinski definition) is 3. The normalized spacial score (nSPS) is 21.9. The SMILES string of the molecule is N=C(N)c1cc2c(nc1N1CCOCC1CO)CCC2. The van der Waals surface area contributed by atoms with E-state index in [2.05, 4.69) is 0 Å². The van der Waals surface area contributed by atoms with Crippen molar-refractivity contribution in [2.45, 2.75) is 25.3 Å². The lowest BCUT2D eigenvalue weighted by atomic mass is 10.1. The second-order valence-corrected chi connectivity index (χ2v) is 5.34. The molecule has 0 aromatic carbocycles. The standard InChI is InChI=1S/C14H20N4O2/c15-13(16)11-6-9-2-1-3-12(9)17-14(11)18-4-5-20-8-10(18)7-19/h6,10,19H,1-5,7-8H2,(H3,15,16). The fourth-order valence-corrected chi connectivity index (χ4v) is 2.96. The predicted molar refractivity (Wildman–Crippen MR) is 76.3 cm³/mol. The van der Waals surface area contributed by atoms with E-state index in [-0.39, 0.29) is 18.5 Å². The number of nitrogens with one attached hydrogen (secondary N) is 1.